The molecule has 0 radical (unpaired) electrons. The van der Waals surface area contributed by atoms with Crippen molar-refractivity contribution in [2.75, 3.05) is 6.61 Å². The first-order valence-corrected chi connectivity index (χ1v) is 2.45. The third kappa shape index (κ3) is 4.76. The van der Waals surface area contributed by atoms with Crippen molar-refractivity contribution in [3.8, 4) is 0 Å². The number of carbonyl (C=O) groups is 3. The number of aliphatic carboxylic acids is 1. The summed E-state index contributed by atoms with van der Waals surface area (Å²) in [5.41, 5.74) is 0. The van der Waals surface area contributed by atoms with Gasteiger partial charge in [-0.05, 0) is 0 Å². The predicted octanol–water partition coefficient (Wildman–Crippen LogP) is -0.797. The Bertz CT molecular complexity index is 150. The summed E-state index contributed by atoms with van der Waals surface area (Å²) in [6, 6.07) is 0. The smallest absolute Gasteiger partial charge is 0.311 e. The van der Waals surface area contributed by atoms with Gasteiger partial charge in [-0.1, -0.05) is 0 Å². The number of carbonyl (C=O) groups excluding carboxylic acids is 2. The van der Waals surface area contributed by atoms with Crippen LogP contribution in [-0.4, -0.2) is 29.9 Å². The van der Waals surface area contributed by atoms with Crippen LogP contribution in [0.1, 0.15) is 6.42 Å². The number of hydrogen-bond acceptors (Lipinski definition) is 4. The third-order valence-corrected chi connectivity index (χ3v) is 0.661. The summed E-state index contributed by atoms with van der Waals surface area (Å²) in [5.74, 6) is -1.85. The van der Waals surface area contributed by atoms with E-state index in [0.29, 0.717) is 0 Å². The van der Waals surface area contributed by atoms with E-state index in [9.17, 15) is 14.4 Å². The number of ketones is 1. The van der Waals surface area contributed by atoms with Gasteiger partial charge >= 0.3 is 5.97 Å². The van der Waals surface area contributed by atoms with Gasteiger partial charge in [-0.2, -0.15) is 0 Å². The minimum Gasteiger partial charge on any atom is -0.481 e. The standard InChI is InChI=1S/C5H6O5/c6-3-10-2-4(7)1-5(8)9/h3H,1-2H2,(H,8,9). The molecule has 0 rings (SSSR count). The van der Waals surface area contributed by atoms with Crippen LogP contribution in [0, 0.1) is 0 Å². The van der Waals surface area contributed by atoms with Crippen molar-refractivity contribution >= 4 is 18.2 Å². The summed E-state index contributed by atoms with van der Waals surface area (Å²) in [6.07, 6.45) is -0.603. The largest absolute Gasteiger partial charge is 0.481 e. The van der Waals surface area contributed by atoms with Crippen molar-refractivity contribution in [2.24, 2.45) is 0 Å². The molecule has 0 aliphatic heterocycles. The molecule has 0 saturated heterocycles. The zero-order chi connectivity index (χ0) is 7.98. The average Bonchev–Trinajstić information content (AvgIpc) is 1.82. The molecule has 0 unspecified atom stereocenters. The molecule has 0 atom stereocenters. The maximum absolute atomic E-state index is 10.3. The fourth-order valence-electron chi connectivity index (χ4n) is 0.347. The molecule has 10 heavy (non-hydrogen) atoms. The topological polar surface area (TPSA) is 80.7 Å². The molecule has 1 N–H and O–H groups in total. The fraction of sp³-hybridized carbons (Fsp3) is 0.400. The lowest BCUT2D eigenvalue weighted by molar-refractivity contribution is -0.144. The number of carboxylic acids is 1. The fourth-order valence-corrected chi connectivity index (χ4v) is 0.347. The summed E-state index contributed by atoms with van der Waals surface area (Å²) in [6.45, 7) is -0.366. The number of ether oxygens (including phenoxy) is 1. The molecule has 0 spiro atoms. The number of rotatable bonds is 5. The molecule has 0 aromatic heterocycles. The first kappa shape index (κ1) is 8.61. The molecule has 0 amide bonds. The van der Waals surface area contributed by atoms with Crippen molar-refractivity contribution in [3.05, 3.63) is 0 Å². The molecule has 0 heterocycles. The van der Waals surface area contributed by atoms with Crippen LogP contribution in [0.2, 0.25) is 0 Å². The normalized spacial score (nSPS) is 8.40. The Morgan fingerprint density at radius 1 is 1.50 bits per heavy atom. The highest BCUT2D eigenvalue weighted by molar-refractivity contribution is 5.95. The molecular weight excluding hydrogens is 140 g/mol. The Labute approximate surface area is 56.6 Å². The maximum atomic E-state index is 10.3. The maximum Gasteiger partial charge on any atom is 0.311 e. The van der Waals surface area contributed by atoms with Gasteiger partial charge in [0.15, 0.2) is 5.78 Å². The van der Waals surface area contributed by atoms with Gasteiger partial charge in [-0.25, -0.2) is 0 Å². The summed E-state index contributed by atoms with van der Waals surface area (Å²) >= 11 is 0. The minimum absolute atomic E-state index is 0.0970. The van der Waals surface area contributed by atoms with Crippen molar-refractivity contribution in [2.45, 2.75) is 6.42 Å². The van der Waals surface area contributed by atoms with E-state index in [1.807, 2.05) is 0 Å². The van der Waals surface area contributed by atoms with Gasteiger partial charge in [-0.3, -0.25) is 14.4 Å². The van der Waals surface area contributed by atoms with Gasteiger partial charge < -0.3 is 9.84 Å². The number of carboxylic acid groups (broad SMARTS) is 1. The first-order chi connectivity index (χ1) is 4.66. The van der Waals surface area contributed by atoms with Crippen LogP contribution in [0.15, 0.2) is 0 Å². The van der Waals surface area contributed by atoms with Gasteiger partial charge in [-0.15, -0.1) is 0 Å². The Morgan fingerprint density at radius 3 is 2.50 bits per heavy atom. The Morgan fingerprint density at radius 2 is 2.10 bits per heavy atom. The lowest BCUT2D eigenvalue weighted by Gasteiger charge is -1.92. The molecule has 0 aromatic rings. The molecule has 0 aliphatic rings. The van der Waals surface area contributed by atoms with E-state index in [-0.39, 0.29) is 6.47 Å². The van der Waals surface area contributed by atoms with Crippen molar-refractivity contribution in [3.63, 3.8) is 0 Å². The van der Waals surface area contributed by atoms with Crippen LogP contribution in [0.5, 0.6) is 0 Å². The zero-order valence-electron chi connectivity index (χ0n) is 5.07. The van der Waals surface area contributed by atoms with Gasteiger partial charge in [0, 0.05) is 0 Å². The first-order valence-electron chi connectivity index (χ1n) is 2.45. The third-order valence-electron chi connectivity index (χ3n) is 0.661. The second kappa shape index (κ2) is 4.49. The van der Waals surface area contributed by atoms with Crippen LogP contribution >= 0.6 is 0 Å². The van der Waals surface area contributed by atoms with Gasteiger partial charge in [0.05, 0.1) is 0 Å². The lowest BCUT2D eigenvalue weighted by atomic mass is 10.3. The molecule has 0 aliphatic carbocycles. The van der Waals surface area contributed by atoms with Crippen LogP contribution in [0.3, 0.4) is 0 Å². The van der Waals surface area contributed by atoms with Crippen molar-refractivity contribution in [1.29, 1.82) is 0 Å². The van der Waals surface area contributed by atoms with Crippen LogP contribution in [-0.2, 0) is 19.1 Å². The summed E-state index contributed by atoms with van der Waals surface area (Å²) in [4.78, 5) is 29.6. The molecule has 56 valence electrons. The Kier molecular flexibility index (Phi) is 3.86. The number of Topliss-reactive ketones (excluding diaryl/α,β-unsaturated/α-hetero) is 1. The van der Waals surface area contributed by atoms with E-state index >= 15 is 0 Å². The van der Waals surface area contributed by atoms with E-state index in [1.165, 1.54) is 0 Å². The summed E-state index contributed by atoms with van der Waals surface area (Å²) < 4.78 is 4.00. The highest BCUT2D eigenvalue weighted by Gasteiger charge is 2.06. The van der Waals surface area contributed by atoms with E-state index in [2.05, 4.69) is 4.74 Å². The monoisotopic (exact) mass is 146 g/mol. The van der Waals surface area contributed by atoms with Crippen molar-refractivity contribution < 1.29 is 24.2 Å². The average molecular weight is 146 g/mol. The second-order valence-electron chi connectivity index (χ2n) is 1.52. The molecule has 0 aromatic carbocycles. The van der Waals surface area contributed by atoms with E-state index in [4.69, 9.17) is 5.11 Å². The van der Waals surface area contributed by atoms with E-state index in [1.54, 1.807) is 0 Å². The highest BCUT2D eigenvalue weighted by atomic mass is 16.5. The molecule has 0 saturated carbocycles. The Hall–Kier alpha value is -1.39. The molecule has 5 heteroatoms. The Balaban J connectivity index is 3.43. The van der Waals surface area contributed by atoms with Crippen LogP contribution in [0.25, 0.3) is 0 Å². The van der Waals surface area contributed by atoms with E-state index < -0.39 is 24.8 Å². The predicted molar refractivity (Wildman–Crippen MR) is 29.3 cm³/mol. The van der Waals surface area contributed by atoms with Crippen molar-refractivity contribution in [1.82, 2.24) is 0 Å². The molecule has 0 bridgehead atoms. The summed E-state index contributed by atoms with van der Waals surface area (Å²) in [7, 11) is 0. The highest BCUT2D eigenvalue weighted by Crippen LogP contribution is 1.82. The molecule has 5 nitrogen and oxygen atoms in total. The van der Waals surface area contributed by atoms with Crippen LogP contribution < -0.4 is 0 Å². The molecular formula is C5H6O5. The van der Waals surface area contributed by atoms with E-state index in [0.717, 1.165) is 0 Å². The summed E-state index contributed by atoms with van der Waals surface area (Å²) in [5, 5.41) is 8.02. The zero-order valence-corrected chi connectivity index (χ0v) is 5.07. The number of hydrogen-bond donors (Lipinski definition) is 1. The van der Waals surface area contributed by atoms with Gasteiger partial charge in [0.1, 0.15) is 13.0 Å². The lowest BCUT2D eigenvalue weighted by Crippen LogP contribution is -2.12. The SMILES string of the molecule is O=COCC(=O)CC(=O)O. The van der Waals surface area contributed by atoms with Gasteiger partial charge in [0.2, 0.25) is 0 Å². The minimum atomic E-state index is -1.22. The second-order valence-corrected chi connectivity index (χ2v) is 1.52. The molecule has 0 fully saturated rings. The van der Waals surface area contributed by atoms with Crippen LogP contribution in [0.4, 0.5) is 0 Å². The quantitative estimate of drug-likeness (QED) is 0.405. The van der Waals surface area contributed by atoms with Gasteiger partial charge in [0.25, 0.3) is 6.47 Å².